The molecule has 0 saturated heterocycles. The van der Waals surface area contributed by atoms with E-state index in [1.807, 2.05) is 30.3 Å². The number of rotatable bonds is 12. The van der Waals surface area contributed by atoms with Crippen molar-refractivity contribution in [2.45, 2.75) is 23.4 Å². The summed E-state index contributed by atoms with van der Waals surface area (Å²) < 4.78 is 26.0. The van der Waals surface area contributed by atoms with Gasteiger partial charge >= 0.3 is 0 Å². The van der Waals surface area contributed by atoms with Gasteiger partial charge in [-0.15, -0.1) is 10.2 Å². The van der Waals surface area contributed by atoms with E-state index in [0.29, 0.717) is 45.9 Å². The molecule has 1 amide bonds. The van der Waals surface area contributed by atoms with Crippen LogP contribution in [0.1, 0.15) is 33.4 Å². The van der Waals surface area contributed by atoms with Gasteiger partial charge in [-0.3, -0.25) is 19.5 Å². The van der Waals surface area contributed by atoms with Crippen molar-refractivity contribution < 1.29 is 23.6 Å². The molecule has 0 spiro atoms. The topological polar surface area (TPSA) is 121 Å². The minimum absolute atomic E-state index is 0.0648. The molecule has 1 aromatic heterocycles. The predicted octanol–water partition coefficient (Wildman–Crippen LogP) is 6.34. The van der Waals surface area contributed by atoms with Crippen LogP contribution in [-0.2, 0) is 12.2 Å². The van der Waals surface area contributed by atoms with Crippen LogP contribution < -0.4 is 14.8 Å². The number of methoxy groups -OCH3 is 2. The molecule has 0 bridgehead atoms. The maximum Gasteiger partial charge on any atom is 0.269 e. The zero-order valence-corrected chi connectivity index (χ0v) is 24.7. The Labute approximate surface area is 257 Å². The second-order valence-electron chi connectivity index (χ2n) is 9.68. The number of nitro groups is 1. The summed E-state index contributed by atoms with van der Waals surface area (Å²) >= 11 is 1.37. The standard InChI is InChI=1S/C32H28FN5O5S/c1-42-27-17-23(18-28(19-27)43-2)31(39)34-29(16-21-6-4-3-5-7-21)30-35-36-32(44-20-22-8-10-24(33)11-9-22)37(30)25-12-14-26(15-13-25)38(40)41/h3-15,17-19,29H,16,20H2,1-2H3,(H,34,39). The number of halogens is 1. The van der Waals surface area contributed by atoms with Crippen molar-refractivity contribution in [2.24, 2.45) is 0 Å². The SMILES string of the molecule is COc1cc(OC)cc(C(=O)NC(Cc2ccccc2)c2nnc(SCc3ccc(F)cc3)n2-c2ccc([N+](=O)[O-])cc2)c1. The molecular weight excluding hydrogens is 585 g/mol. The number of hydrogen-bond donors (Lipinski definition) is 1. The van der Waals surface area contributed by atoms with E-state index in [2.05, 4.69) is 15.5 Å². The van der Waals surface area contributed by atoms with Gasteiger partial charge in [-0.25, -0.2) is 4.39 Å². The fraction of sp³-hybridized carbons (Fsp3) is 0.156. The molecule has 0 aliphatic carbocycles. The summed E-state index contributed by atoms with van der Waals surface area (Å²) in [7, 11) is 3.01. The zero-order chi connectivity index (χ0) is 31.1. The van der Waals surface area contributed by atoms with Crippen LogP contribution in [0, 0.1) is 15.9 Å². The molecule has 12 heteroatoms. The minimum Gasteiger partial charge on any atom is -0.497 e. The van der Waals surface area contributed by atoms with E-state index in [4.69, 9.17) is 9.47 Å². The fourth-order valence-electron chi connectivity index (χ4n) is 4.53. The molecule has 0 saturated carbocycles. The Bertz CT molecular complexity index is 1730. The molecule has 0 aliphatic heterocycles. The van der Waals surface area contributed by atoms with Gasteiger partial charge in [0.25, 0.3) is 11.6 Å². The van der Waals surface area contributed by atoms with Gasteiger partial charge in [0, 0.05) is 35.2 Å². The van der Waals surface area contributed by atoms with Crippen molar-refractivity contribution in [1.29, 1.82) is 0 Å². The third kappa shape index (κ3) is 7.21. The lowest BCUT2D eigenvalue weighted by Gasteiger charge is -2.21. The van der Waals surface area contributed by atoms with Crippen LogP contribution in [0.15, 0.2) is 102 Å². The van der Waals surface area contributed by atoms with Crippen LogP contribution in [0.5, 0.6) is 11.5 Å². The highest BCUT2D eigenvalue weighted by atomic mass is 32.2. The number of hydrogen-bond acceptors (Lipinski definition) is 8. The number of nitrogens with zero attached hydrogens (tertiary/aromatic N) is 4. The molecule has 1 atom stereocenters. The summed E-state index contributed by atoms with van der Waals surface area (Å²) in [4.78, 5) is 24.6. The van der Waals surface area contributed by atoms with Gasteiger partial charge in [0.05, 0.1) is 25.2 Å². The number of nitrogens with one attached hydrogen (secondary N) is 1. The monoisotopic (exact) mass is 613 g/mol. The summed E-state index contributed by atoms with van der Waals surface area (Å²) in [6.07, 6.45) is 0.376. The van der Waals surface area contributed by atoms with Gasteiger partial charge in [-0.2, -0.15) is 0 Å². The van der Waals surface area contributed by atoms with Gasteiger partial charge in [0.1, 0.15) is 17.3 Å². The molecule has 1 N–H and O–H groups in total. The van der Waals surface area contributed by atoms with Gasteiger partial charge in [0.2, 0.25) is 0 Å². The molecule has 4 aromatic carbocycles. The van der Waals surface area contributed by atoms with E-state index in [1.54, 1.807) is 47.0 Å². The van der Waals surface area contributed by atoms with E-state index in [9.17, 15) is 19.3 Å². The second kappa shape index (κ2) is 13.8. The van der Waals surface area contributed by atoms with E-state index in [-0.39, 0.29) is 17.4 Å². The lowest BCUT2D eigenvalue weighted by molar-refractivity contribution is -0.384. The number of nitro benzene ring substituents is 1. The number of carbonyl (C=O) groups excluding carboxylic acids is 1. The van der Waals surface area contributed by atoms with Crippen LogP contribution in [0.2, 0.25) is 0 Å². The summed E-state index contributed by atoms with van der Waals surface area (Å²) in [5.74, 6) is 1.09. The Morgan fingerprint density at radius 3 is 2.20 bits per heavy atom. The molecule has 224 valence electrons. The van der Waals surface area contributed by atoms with Crippen LogP contribution in [-0.4, -0.2) is 39.8 Å². The lowest BCUT2D eigenvalue weighted by Crippen LogP contribution is -2.32. The van der Waals surface area contributed by atoms with E-state index < -0.39 is 11.0 Å². The molecular formula is C32H28FN5O5S. The smallest absolute Gasteiger partial charge is 0.269 e. The Morgan fingerprint density at radius 1 is 0.932 bits per heavy atom. The quantitative estimate of drug-likeness (QED) is 0.0983. The maximum absolute atomic E-state index is 13.7. The molecule has 0 aliphatic rings. The Morgan fingerprint density at radius 2 is 1.59 bits per heavy atom. The van der Waals surface area contributed by atoms with Gasteiger partial charge < -0.3 is 14.8 Å². The zero-order valence-electron chi connectivity index (χ0n) is 23.8. The van der Waals surface area contributed by atoms with Crippen molar-refractivity contribution >= 4 is 23.4 Å². The summed E-state index contributed by atoms with van der Waals surface area (Å²) in [6.45, 7) is 0. The van der Waals surface area contributed by atoms with E-state index in [1.165, 1.54) is 50.2 Å². The third-order valence-corrected chi connectivity index (χ3v) is 7.77. The molecule has 1 heterocycles. The first-order chi connectivity index (χ1) is 21.3. The summed E-state index contributed by atoms with van der Waals surface area (Å²) in [5, 5.41) is 23.9. The van der Waals surface area contributed by atoms with E-state index >= 15 is 0 Å². The predicted molar refractivity (Wildman–Crippen MR) is 164 cm³/mol. The lowest BCUT2D eigenvalue weighted by atomic mass is 10.0. The van der Waals surface area contributed by atoms with Crippen molar-refractivity contribution in [3.8, 4) is 17.2 Å². The first kappa shape index (κ1) is 30.2. The largest absolute Gasteiger partial charge is 0.497 e. The molecule has 0 fully saturated rings. The van der Waals surface area contributed by atoms with Crippen LogP contribution in [0.3, 0.4) is 0 Å². The number of carbonyl (C=O) groups is 1. The number of benzene rings is 4. The highest BCUT2D eigenvalue weighted by Gasteiger charge is 2.26. The van der Waals surface area contributed by atoms with Crippen molar-refractivity contribution in [2.75, 3.05) is 14.2 Å². The summed E-state index contributed by atoms with van der Waals surface area (Å²) in [6, 6.07) is 26.1. The number of amides is 1. The number of non-ortho nitro benzene ring substituents is 1. The van der Waals surface area contributed by atoms with Crippen molar-refractivity contribution in [1.82, 2.24) is 20.1 Å². The van der Waals surface area contributed by atoms with Crippen molar-refractivity contribution in [3.63, 3.8) is 0 Å². The minimum atomic E-state index is -0.662. The number of ether oxygens (including phenoxy) is 2. The average Bonchev–Trinajstić information content (AvgIpc) is 3.48. The molecule has 44 heavy (non-hydrogen) atoms. The van der Waals surface area contributed by atoms with Gasteiger partial charge in [-0.1, -0.05) is 54.2 Å². The maximum atomic E-state index is 13.7. The average molecular weight is 614 g/mol. The molecule has 10 nitrogen and oxygen atoms in total. The highest BCUT2D eigenvalue weighted by Crippen LogP contribution is 2.31. The molecule has 5 aromatic rings. The first-order valence-corrected chi connectivity index (χ1v) is 14.5. The van der Waals surface area contributed by atoms with E-state index in [0.717, 1.165) is 11.1 Å². The Kier molecular flexibility index (Phi) is 9.50. The highest BCUT2D eigenvalue weighted by molar-refractivity contribution is 7.98. The number of thioether (sulfide) groups is 1. The van der Waals surface area contributed by atoms with Crippen LogP contribution in [0.4, 0.5) is 10.1 Å². The fourth-order valence-corrected chi connectivity index (χ4v) is 5.45. The van der Waals surface area contributed by atoms with Gasteiger partial charge in [0.15, 0.2) is 11.0 Å². The number of aromatic nitrogens is 3. The third-order valence-electron chi connectivity index (χ3n) is 6.77. The second-order valence-corrected chi connectivity index (χ2v) is 10.6. The Balaban J connectivity index is 1.56. The molecule has 0 radical (unpaired) electrons. The van der Waals surface area contributed by atoms with Gasteiger partial charge in [-0.05, 0) is 53.9 Å². The summed E-state index contributed by atoms with van der Waals surface area (Å²) in [5.41, 5.74) is 2.65. The first-order valence-electron chi connectivity index (χ1n) is 13.5. The van der Waals surface area contributed by atoms with Crippen LogP contribution >= 0.6 is 11.8 Å². The normalized spacial score (nSPS) is 11.5. The molecule has 5 rings (SSSR count). The van der Waals surface area contributed by atoms with Crippen LogP contribution in [0.25, 0.3) is 5.69 Å². The Hall–Kier alpha value is -5.23. The molecule has 1 unspecified atom stereocenters. The van der Waals surface area contributed by atoms with Crippen molar-refractivity contribution in [3.05, 3.63) is 136 Å².